The van der Waals surface area contributed by atoms with Gasteiger partial charge >= 0.3 is 5.97 Å². The molecule has 0 atom stereocenters. The molecule has 18 heavy (non-hydrogen) atoms. The molecule has 0 fully saturated rings. The maximum absolute atomic E-state index is 10.9. The van der Waals surface area contributed by atoms with Crippen molar-refractivity contribution in [3.8, 4) is 11.5 Å². The van der Waals surface area contributed by atoms with Crippen LogP contribution < -0.4 is 9.47 Å². The molecule has 0 saturated heterocycles. The third-order valence-corrected chi connectivity index (χ3v) is 2.75. The monoisotopic (exact) mass is 252 g/mol. The Kier molecular flexibility index (Phi) is 3.43. The number of fused-ring (bicyclic) bond motifs is 1. The van der Waals surface area contributed by atoms with Crippen molar-refractivity contribution in [1.29, 1.82) is 0 Å². The number of carboxylic acid groups (broad SMARTS) is 1. The third-order valence-electron chi connectivity index (χ3n) is 2.75. The van der Waals surface area contributed by atoms with Gasteiger partial charge in [-0.15, -0.1) is 0 Å². The topological polar surface area (TPSA) is 65.0 Å². The first-order valence-corrected chi connectivity index (χ1v) is 5.69. The van der Waals surface area contributed by atoms with Gasteiger partial charge in [0.15, 0.2) is 11.5 Å². The zero-order valence-corrected chi connectivity index (χ0v) is 10.4. The van der Waals surface area contributed by atoms with Gasteiger partial charge in [-0.3, -0.25) is 4.79 Å². The van der Waals surface area contributed by atoms with Crippen LogP contribution in [0.5, 0.6) is 11.5 Å². The summed E-state index contributed by atoms with van der Waals surface area (Å²) in [6.07, 6.45) is 0. The largest absolute Gasteiger partial charge is 0.481 e. The Morgan fingerprint density at radius 1 is 1.39 bits per heavy atom. The molecule has 5 nitrogen and oxygen atoms in total. The smallest absolute Gasteiger partial charge is 0.311 e. The van der Waals surface area contributed by atoms with E-state index >= 15 is 0 Å². The highest BCUT2D eigenvalue weighted by Crippen LogP contribution is 2.32. The van der Waals surface area contributed by atoms with Gasteiger partial charge in [0.25, 0.3) is 0 Å². The molecule has 0 radical (unpaired) electrons. The van der Waals surface area contributed by atoms with Gasteiger partial charge < -0.3 is 19.3 Å². The summed E-state index contributed by atoms with van der Waals surface area (Å²) in [5.74, 6) is 0.561. The van der Waals surface area contributed by atoms with Gasteiger partial charge in [-0.25, -0.2) is 0 Å². The molecule has 5 heteroatoms. The lowest BCUT2D eigenvalue weighted by Crippen LogP contribution is -2.29. The maximum atomic E-state index is 10.9. The molecule has 0 amide bonds. The summed E-state index contributed by atoms with van der Waals surface area (Å²) in [4.78, 5) is 10.9. The van der Waals surface area contributed by atoms with Crippen LogP contribution >= 0.6 is 0 Å². The van der Waals surface area contributed by atoms with Crippen LogP contribution in [0.4, 0.5) is 0 Å². The highest BCUT2D eigenvalue weighted by Gasteiger charge is 2.27. The van der Waals surface area contributed by atoms with Crippen LogP contribution in [0.3, 0.4) is 0 Å². The SMILES string of the molecule is CC(C)(COCc1ccc2c(c1)OCO2)C(=O)O. The maximum Gasteiger partial charge on any atom is 0.311 e. The zero-order chi connectivity index (χ0) is 13.2. The lowest BCUT2D eigenvalue weighted by atomic mass is 9.95. The molecule has 1 aromatic carbocycles. The molecule has 1 heterocycles. The number of aliphatic carboxylic acids is 1. The molecule has 1 aliphatic rings. The van der Waals surface area contributed by atoms with Gasteiger partial charge in [0.1, 0.15) is 0 Å². The Balaban J connectivity index is 1.89. The number of hydrogen-bond acceptors (Lipinski definition) is 4. The second-order valence-corrected chi connectivity index (χ2v) is 4.87. The highest BCUT2D eigenvalue weighted by molar-refractivity contribution is 5.73. The van der Waals surface area contributed by atoms with E-state index in [1.54, 1.807) is 13.8 Å². The van der Waals surface area contributed by atoms with E-state index in [1.807, 2.05) is 18.2 Å². The van der Waals surface area contributed by atoms with E-state index < -0.39 is 11.4 Å². The van der Waals surface area contributed by atoms with E-state index in [0.717, 1.165) is 11.3 Å². The minimum Gasteiger partial charge on any atom is -0.481 e. The molecule has 0 saturated carbocycles. The minimum atomic E-state index is -0.879. The second kappa shape index (κ2) is 4.86. The van der Waals surface area contributed by atoms with Gasteiger partial charge in [0, 0.05) is 0 Å². The average Bonchev–Trinajstić information content (AvgIpc) is 2.75. The molecule has 2 rings (SSSR count). The van der Waals surface area contributed by atoms with Crippen LogP contribution in [0.1, 0.15) is 19.4 Å². The quantitative estimate of drug-likeness (QED) is 0.868. The minimum absolute atomic E-state index is 0.163. The van der Waals surface area contributed by atoms with Crippen molar-refractivity contribution in [2.75, 3.05) is 13.4 Å². The molecule has 1 aliphatic heterocycles. The number of carbonyl (C=O) groups is 1. The van der Waals surface area contributed by atoms with Crippen LogP contribution in [0.25, 0.3) is 0 Å². The average molecular weight is 252 g/mol. The van der Waals surface area contributed by atoms with Crippen molar-refractivity contribution in [2.45, 2.75) is 20.5 Å². The lowest BCUT2D eigenvalue weighted by molar-refractivity contribution is -0.150. The Labute approximate surface area is 105 Å². The zero-order valence-electron chi connectivity index (χ0n) is 10.4. The molecule has 1 aromatic rings. The number of benzene rings is 1. The van der Waals surface area contributed by atoms with Crippen molar-refractivity contribution in [3.05, 3.63) is 23.8 Å². The van der Waals surface area contributed by atoms with Crippen LogP contribution in [0.2, 0.25) is 0 Å². The first-order valence-electron chi connectivity index (χ1n) is 5.69. The Hall–Kier alpha value is -1.75. The summed E-state index contributed by atoms with van der Waals surface area (Å²) in [7, 11) is 0. The van der Waals surface area contributed by atoms with Crippen LogP contribution in [-0.2, 0) is 16.1 Å². The van der Waals surface area contributed by atoms with Crippen LogP contribution in [-0.4, -0.2) is 24.5 Å². The van der Waals surface area contributed by atoms with Gasteiger partial charge in [-0.05, 0) is 31.5 Å². The number of rotatable bonds is 5. The molecule has 0 bridgehead atoms. The fourth-order valence-corrected chi connectivity index (χ4v) is 1.52. The van der Waals surface area contributed by atoms with Crippen molar-refractivity contribution < 1.29 is 24.1 Å². The molecule has 0 unspecified atom stereocenters. The van der Waals surface area contributed by atoms with Crippen molar-refractivity contribution in [1.82, 2.24) is 0 Å². The molecule has 0 aliphatic carbocycles. The van der Waals surface area contributed by atoms with E-state index in [0.29, 0.717) is 12.4 Å². The van der Waals surface area contributed by atoms with Gasteiger partial charge in [0.2, 0.25) is 6.79 Å². The summed E-state index contributed by atoms with van der Waals surface area (Å²) in [5, 5.41) is 8.95. The molecular weight excluding hydrogens is 236 g/mol. The summed E-state index contributed by atoms with van der Waals surface area (Å²) < 4.78 is 15.9. The number of carboxylic acids is 1. The van der Waals surface area contributed by atoms with Gasteiger partial charge in [-0.1, -0.05) is 6.07 Å². The number of ether oxygens (including phenoxy) is 3. The van der Waals surface area contributed by atoms with E-state index in [4.69, 9.17) is 19.3 Å². The van der Waals surface area contributed by atoms with Crippen LogP contribution in [0.15, 0.2) is 18.2 Å². The lowest BCUT2D eigenvalue weighted by Gasteiger charge is -2.18. The van der Waals surface area contributed by atoms with E-state index in [2.05, 4.69) is 0 Å². The predicted octanol–water partition coefficient (Wildman–Crippen LogP) is 2.04. The van der Waals surface area contributed by atoms with Crippen molar-refractivity contribution in [2.24, 2.45) is 5.41 Å². The van der Waals surface area contributed by atoms with Gasteiger partial charge in [0.05, 0.1) is 18.6 Å². The Morgan fingerprint density at radius 2 is 2.11 bits per heavy atom. The normalized spacial score (nSPS) is 13.7. The highest BCUT2D eigenvalue weighted by atomic mass is 16.7. The molecular formula is C13H16O5. The third kappa shape index (κ3) is 2.73. The van der Waals surface area contributed by atoms with Crippen molar-refractivity contribution in [3.63, 3.8) is 0 Å². The fraction of sp³-hybridized carbons (Fsp3) is 0.462. The standard InChI is InChI=1S/C13H16O5/c1-13(2,12(14)15)7-16-6-9-3-4-10-11(5-9)18-8-17-10/h3-5H,6-8H2,1-2H3,(H,14,15). The summed E-state index contributed by atoms with van der Waals surface area (Å²) in [6.45, 7) is 4.03. The molecule has 1 N–H and O–H groups in total. The molecule has 0 spiro atoms. The molecule has 0 aromatic heterocycles. The predicted molar refractivity (Wildman–Crippen MR) is 63.6 cm³/mol. The van der Waals surface area contributed by atoms with E-state index in [1.165, 1.54) is 0 Å². The van der Waals surface area contributed by atoms with Crippen molar-refractivity contribution >= 4 is 5.97 Å². The second-order valence-electron chi connectivity index (χ2n) is 4.87. The number of hydrogen-bond donors (Lipinski definition) is 1. The first-order chi connectivity index (χ1) is 8.49. The summed E-state index contributed by atoms with van der Waals surface area (Å²) in [5.41, 5.74) is 0.0523. The Bertz CT molecular complexity index is 453. The summed E-state index contributed by atoms with van der Waals surface area (Å²) >= 11 is 0. The summed E-state index contributed by atoms with van der Waals surface area (Å²) in [6, 6.07) is 5.54. The fourth-order valence-electron chi connectivity index (χ4n) is 1.52. The van der Waals surface area contributed by atoms with E-state index in [-0.39, 0.29) is 13.4 Å². The van der Waals surface area contributed by atoms with Gasteiger partial charge in [-0.2, -0.15) is 0 Å². The van der Waals surface area contributed by atoms with Crippen LogP contribution in [0, 0.1) is 5.41 Å². The van der Waals surface area contributed by atoms with E-state index in [9.17, 15) is 4.79 Å². The Morgan fingerprint density at radius 3 is 2.83 bits per heavy atom. The first kappa shape index (κ1) is 12.7. The molecule has 98 valence electrons.